The third kappa shape index (κ3) is 22.3. The van der Waals surface area contributed by atoms with Crippen LogP contribution in [0.4, 0.5) is 0 Å². The standard InChI is InChI=1S/C23H45IO2Si/c1-5-23(25)26-22(2)20-18-16-14-12-10-8-6-7-9-11-13-15-17-19-21-27(3,4)24/h5,22H,1,6-21H2,2-4H3. The van der Waals surface area contributed by atoms with Gasteiger partial charge in [-0.3, -0.25) is 0 Å². The van der Waals surface area contributed by atoms with Crippen LogP contribution in [0.2, 0.25) is 19.1 Å². The molecule has 0 radical (unpaired) electrons. The first-order valence-corrected chi connectivity index (χ1v) is 17.7. The Morgan fingerprint density at radius 3 is 1.59 bits per heavy atom. The Labute approximate surface area is 183 Å². The number of hydrogen-bond acceptors (Lipinski definition) is 2. The summed E-state index contributed by atoms with van der Waals surface area (Å²) in [6.07, 6.45) is 21.7. The SMILES string of the molecule is C=CC(=O)OC(C)CCCCCCCCCCCCCCCC[Si](C)(C)I. The topological polar surface area (TPSA) is 26.3 Å². The predicted molar refractivity (Wildman–Crippen MR) is 131 cm³/mol. The maximum absolute atomic E-state index is 11.1. The summed E-state index contributed by atoms with van der Waals surface area (Å²) in [4.78, 5) is 11.1. The van der Waals surface area contributed by atoms with Crippen LogP contribution in [0.1, 0.15) is 103 Å². The lowest BCUT2D eigenvalue weighted by atomic mass is 10.0. The Hall–Kier alpha value is 0.157. The highest BCUT2D eigenvalue weighted by molar-refractivity contribution is 14.1. The Bertz CT molecular complexity index is 366. The van der Waals surface area contributed by atoms with Crippen LogP contribution in [0.25, 0.3) is 0 Å². The van der Waals surface area contributed by atoms with Crippen molar-refractivity contribution in [3.05, 3.63) is 12.7 Å². The minimum atomic E-state index is -0.826. The molecule has 0 aromatic heterocycles. The monoisotopic (exact) mass is 508 g/mol. The lowest BCUT2D eigenvalue weighted by molar-refractivity contribution is -0.142. The lowest BCUT2D eigenvalue weighted by Crippen LogP contribution is -2.13. The van der Waals surface area contributed by atoms with Gasteiger partial charge in [0, 0.05) is 6.08 Å². The second kappa shape index (κ2) is 18.2. The molecule has 1 atom stereocenters. The number of carbonyl (C=O) groups is 1. The van der Waals surface area contributed by atoms with Gasteiger partial charge in [0.05, 0.1) is 6.10 Å². The van der Waals surface area contributed by atoms with Crippen LogP contribution in [-0.4, -0.2) is 17.6 Å². The molecule has 27 heavy (non-hydrogen) atoms. The van der Waals surface area contributed by atoms with Gasteiger partial charge in [0.1, 0.15) is 5.57 Å². The summed E-state index contributed by atoms with van der Waals surface area (Å²) < 4.78 is 5.18. The molecule has 0 spiro atoms. The highest BCUT2D eigenvalue weighted by Crippen LogP contribution is 2.22. The van der Waals surface area contributed by atoms with Gasteiger partial charge in [0.2, 0.25) is 0 Å². The van der Waals surface area contributed by atoms with Crippen LogP contribution < -0.4 is 0 Å². The molecule has 0 amide bonds. The number of halogens is 1. The summed E-state index contributed by atoms with van der Waals surface area (Å²) in [5.74, 6) is -0.302. The normalized spacial score (nSPS) is 12.7. The van der Waals surface area contributed by atoms with Crippen LogP contribution in [0.5, 0.6) is 0 Å². The summed E-state index contributed by atoms with van der Waals surface area (Å²) in [7, 11) is 0. The van der Waals surface area contributed by atoms with E-state index in [1.165, 1.54) is 95.6 Å². The highest BCUT2D eigenvalue weighted by atomic mass is 127. The second-order valence-corrected chi connectivity index (χ2v) is 21.4. The van der Waals surface area contributed by atoms with E-state index in [1.807, 2.05) is 6.92 Å². The first kappa shape index (κ1) is 27.2. The maximum atomic E-state index is 11.1. The molecule has 0 bridgehead atoms. The molecule has 0 saturated carbocycles. The smallest absolute Gasteiger partial charge is 0.330 e. The molecule has 0 aromatic carbocycles. The summed E-state index contributed by atoms with van der Waals surface area (Å²) in [5.41, 5.74) is -0.826. The van der Waals surface area contributed by atoms with Gasteiger partial charge in [-0.05, 0) is 25.8 Å². The molecule has 4 heteroatoms. The van der Waals surface area contributed by atoms with Crippen molar-refractivity contribution in [2.24, 2.45) is 0 Å². The number of rotatable bonds is 19. The van der Waals surface area contributed by atoms with E-state index in [9.17, 15) is 4.79 Å². The van der Waals surface area contributed by atoms with Crippen LogP contribution in [0.3, 0.4) is 0 Å². The number of hydrogen-bond donors (Lipinski definition) is 0. The Balaban J connectivity index is 3.17. The van der Waals surface area contributed by atoms with Crippen molar-refractivity contribution in [1.29, 1.82) is 0 Å². The first-order valence-electron chi connectivity index (χ1n) is 11.4. The van der Waals surface area contributed by atoms with Gasteiger partial charge >= 0.3 is 5.97 Å². The minimum Gasteiger partial charge on any atom is -0.460 e. The molecule has 0 saturated heterocycles. The average Bonchev–Trinajstić information content (AvgIpc) is 2.60. The van der Waals surface area contributed by atoms with Gasteiger partial charge < -0.3 is 4.74 Å². The van der Waals surface area contributed by atoms with Crippen LogP contribution >= 0.6 is 21.8 Å². The molecule has 160 valence electrons. The lowest BCUT2D eigenvalue weighted by Gasteiger charge is -2.12. The summed E-state index contributed by atoms with van der Waals surface area (Å²) in [5, 5.41) is 0. The molecule has 0 aliphatic heterocycles. The predicted octanol–water partition coefficient (Wildman–Crippen LogP) is 8.60. The molecule has 0 heterocycles. The van der Waals surface area contributed by atoms with E-state index in [4.69, 9.17) is 4.74 Å². The van der Waals surface area contributed by atoms with E-state index in [2.05, 4.69) is 41.5 Å². The van der Waals surface area contributed by atoms with E-state index >= 15 is 0 Å². The van der Waals surface area contributed by atoms with Gasteiger partial charge in [0.15, 0.2) is 0 Å². The average molecular weight is 509 g/mol. The van der Waals surface area contributed by atoms with E-state index < -0.39 is 5.57 Å². The van der Waals surface area contributed by atoms with Gasteiger partial charge in [-0.15, -0.1) is 21.8 Å². The fourth-order valence-corrected chi connectivity index (χ4v) is 5.64. The fraction of sp³-hybridized carbons (Fsp3) is 0.870. The van der Waals surface area contributed by atoms with Crippen molar-refractivity contribution in [3.63, 3.8) is 0 Å². The number of ether oxygens (including phenoxy) is 1. The highest BCUT2D eigenvalue weighted by Gasteiger charge is 2.14. The van der Waals surface area contributed by atoms with Gasteiger partial charge in [-0.1, -0.05) is 103 Å². The molecule has 0 rings (SSSR count). The van der Waals surface area contributed by atoms with Crippen molar-refractivity contribution in [1.82, 2.24) is 0 Å². The van der Waals surface area contributed by atoms with Crippen LogP contribution in [0, 0.1) is 0 Å². The third-order valence-electron chi connectivity index (χ3n) is 5.12. The van der Waals surface area contributed by atoms with Crippen LogP contribution in [-0.2, 0) is 9.53 Å². The zero-order chi connectivity index (χ0) is 20.4. The Kier molecular flexibility index (Phi) is 18.3. The molecule has 0 N–H and O–H groups in total. The molecular weight excluding hydrogens is 463 g/mol. The van der Waals surface area contributed by atoms with Crippen molar-refractivity contribution < 1.29 is 9.53 Å². The van der Waals surface area contributed by atoms with Gasteiger partial charge in [-0.25, -0.2) is 4.79 Å². The molecule has 2 nitrogen and oxygen atoms in total. The van der Waals surface area contributed by atoms with Crippen molar-refractivity contribution in [2.75, 3.05) is 0 Å². The summed E-state index contributed by atoms with van der Waals surface area (Å²) in [6, 6.07) is 1.50. The molecule has 0 aliphatic carbocycles. The molecular formula is C23H45IO2Si. The summed E-state index contributed by atoms with van der Waals surface area (Å²) in [6.45, 7) is 10.3. The Morgan fingerprint density at radius 1 is 0.852 bits per heavy atom. The zero-order valence-electron chi connectivity index (χ0n) is 18.4. The number of carbonyl (C=O) groups excluding carboxylic acids is 1. The summed E-state index contributed by atoms with van der Waals surface area (Å²) >= 11 is 2.70. The fourth-order valence-electron chi connectivity index (χ4n) is 3.40. The van der Waals surface area contributed by atoms with E-state index in [1.54, 1.807) is 0 Å². The largest absolute Gasteiger partial charge is 0.460 e. The van der Waals surface area contributed by atoms with E-state index in [0.29, 0.717) is 0 Å². The molecule has 0 aliphatic rings. The van der Waals surface area contributed by atoms with Crippen molar-refractivity contribution >= 4 is 33.3 Å². The van der Waals surface area contributed by atoms with Gasteiger partial charge in [0.25, 0.3) is 0 Å². The quantitative estimate of drug-likeness (QED) is 0.0436. The zero-order valence-corrected chi connectivity index (χ0v) is 21.5. The number of unbranched alkanes of at least 4 members (excludes halogenated alkanes) is 13. The Morgan fingerprint density at radius 2 is 1.22 bits per heavy atom. The molecule has 0 aromatic rings. The first-order chi connectivity index (χ1) is 12.8. The maximum Gasteiger partial charge on any atom is 0.330 e. The van der Waals surface area contributed by atoms with Gasteiger partial charge in [-0.2, -0.15) is 0 Å². The van der Waals surface area contributed by atoms with E-state index in [-0.39, 0.29) is 12.1 Å². The number of esters is 1. The van der Waals surface area contributed by atoms with Crippen LogP contribution in [0.15, 0.2) is 12.7 Å². The third-order valence-corrected chi connectivity index (χ3v) is 8.28. The van der Waals surface area contributed by atoms with Crippen molar-refractivity contribution in [2.45, 2.75) is 128 Å². The minimum absolute atomic E-state index is 0.0236. The van der Waals surface area contributed by atoms with Crippen molar-refractivity contribution in [3.8, 4) is 0 Å². The molecule has 1 unspecified atom stereocenters. The van der Waals surface area contributed by atoms with E-state index in [0.717, 1.165) is 12.8 Å². The molecule has 0 fully saturated rings. The second-order valence-electron chi connectivity index (χ2n) is 8.66.